The van der Waals surface area contributed by atoms with Crippen molar-refractivity contribution in [2.24, 2.45) is 0 Å². The summed E-state index contributed by atoms with van der Waals surface area (Å²) in [7, 11) is -2.36. The van der Waals surface area contributed by atoms with Crippen molar-refractivity contribution in [3.8, 4) is 22.7 Å². The van der Waals surface area contributed by atoms with E-state index >= 15 is 0 Å². The zero-order valence-corrected chi connectivity index (χ0v) is 18.4. The molecule has 0 amide bonds. The molecule has 0 saturated carbocycles. The van der Waals surface area contributed by atoms with Gasteiger partial charge in [0, 0.05) is 41.3 Å². The zero-order chi connectivity index (χ0) is 22.8. The zero-order valence-electron chi connectivity index (χ0n) is 17.6. The first-order chi connectivity index (χ1) is 16.0. The Morgan fingerprint density at radius 2 is 1.70 bits per heavy atom. The first kappa shape index (κ1) is 20.7. The van der Waals surface area contributed by atoms with Gasteiger partial charge in [0.1, 0.15) is 11.3 Å². The summed E-state index contributed by atoms with van der Waals surface area (Å²) in [5, 5.41) is 0.929. The van der Waals surface area contributed by atoms with Crippen LogP contribution in [-0.2, 0) is 10.0 Å². The molecule has 0 aliphatic heterocycles. The minimum atomic E-state index is -3.80. The molecule has 1 aromatic carbocycles. The summed E-state index contributed by atoms with van der Waals surface area (Å²) in [5.41, 5.74) is 3.44. The predicted octanol–water partition coefficient (Wildman–Crippen LogP) is 4.29. The predicted molar refractivity (Wildman–Crippen MR) is 126 cm³/mol. The van der Waals surface area contributed by atoms with Crippen molar-refractivity contribution < 1.29 is 13.2 Å². The molecule has 4 heterocycles. The van der Waals surface area contributed by atoms with Gasteiger partial charge in [-0.3, -0.25) is 14.3 Å². The average Bonchev–Trinajstić information content (AvgIpc) is 3.28. The van der Waals surface area contributed by atoms with E-state index in [1.165, 1.54) is 19.2 Å². The number of aromatic nitrogens is 4. The molecule has 8 nitrogen and oxygen atoms in total. The fraction of sp³-hybridized carbons (Fsp3) is 0.0417. The van der Waals surface area contributed by atoms with E-state index in [1.807, 2.05) is 35.0 Å². The largest absolute Gasteiger partial charge is 0.480 e. The number of ether oxygens (including phenoxy) is 1. The highest BCUT2D eigenvalue weighted by Gasteiger charge is 2.18. The molecule has 0 radical (unpaired) electrons. The number of hydrogen-bond acceptors (Lipinski definition) is 6. The quantitative estimate of drug-likeness (QED) is 0.408. The molecule has 0 fully saturated rings. The smallest absolute Gasteiger partial charge is 0.262 e. The van der Waals surface area contributed by atoms with Gasteiger partial charge in [0.05, 0.1) is 23.9 Å². The number of nitrogens with zero attached hydrogens (tertiary/aromatic N) is 4. The number of nitrogens with one attached hydrogen (secondary N) is 1. The first-order valence-electron chi connectivity index (χ1n) is 10.0. The molecule has 4 aromatic heterocycles. The molecule has 1 N–H and O–H groups in total. The third-order valence-electron chi connectivity index (χ3n) is 5.13. The Morgan fingerprint density at radius 1 is 0.909 bits per heavy atom. The number of anilines is 1. The monoisotopic (exact) mass is 457 g/mol. The van der Waals surface area contributed by atoms with Crippen molar-refractivity contribution in [2.45, 2.75) is 4.90 Å². The summed E-state index contributed by atoms with van der Waals surface area (Å²) in [6.45, 7) is 0. The number of benzene rings is 1. The second-order valence-electron chi connectivity index (χ2n) is 7.23. The Bertz CT molecular complexity index is 1530. The number of fused-ring (bicyclic) bond motifs is 1. The minimum Gasteiger partial charge on any atom is -0.480 e. The molecule has 0 aliphatic carbocycles. The maximum absolute atomic E-state index is 12.8. The third-order valence-corrected chi connectivity index (χ3v) is 6.51. The van der Waals surface area contributed by atoms with Crippen molar-refractivity contribution in [2.75, 3.05) is 11.8 Å². The summed E-state index contributed by atoms with van der Waals surface area (Å²) in [6, 6.07) is 17.6. The molecule has 0 atom stereocenters. The molecule has 0 saturated heterocycles. The summed E-state index contributed by atoms with van der Waals surface area (Å²) < 4.78 is 35.4. The van der Waals surface area contributed by atoms with Crippen LogP contribution in [0.3, 0.4) is 0 Å². The van der Waals surface area contributed by atoms with Gasteiger partial charge in [0.15, 0.2) is 0 Å². The maximum atomic E-state index is 12.8. The van der Waals surface area contributed by atoms with Crippen LogP contribution in [-0.4, -0.2) is 35.0 Å². The molecular formula is C24H19N5O3S. The van der Waals surface area contributed by atoms with Crippen molar-refractivity contribution in [3.63, 3.8) is 0 Å². The number of sulfonamides is 1. The Kier molecular flexibility index (Phi) is 5.23. The van der Waals surface area contributed by atoms with Crippen LogP contribution in [0.4, 0.5) is 5.69 Å². The maximum Gasteiger partial charge on any atom is 0.262 e. The number of rotatable bonds is 6. The van der Waals surface area contributed by atoms with Gasteiger partial charge in [-0.15, -0.1) is 0 Å². The van der Waals surface area contributed by atoms with Gasteiger partial charge in [0.25, 0.3) is 10.0 Å². The van der Waals surface area contributed by atoms with Gasteiger partial charge in [-0.05, 0) is 42.5 Å². The molecule has 0 spiro atoms. The van der Waals surface area contributed by atoms with E-state index in [0.717, 1.165) is 22.3 Å². The highest BCUT2D eigenvalue weighted by molar-refractivity contribution is 7.92. The van der Waals surface area contributed by atoms with Crippen molar-refractivity contribution in [3.05, 3.63) is 91.6 Å². The summed E-state index contributed by atoms with van der Waals surface area (Å²) in [6.07, 6.45) is 8.78. The Balaban J connectivity index is 1.52. The van der Waals surface area contributed by atoms with Crippen LogP contribution in [0.25, 0.3) is 27.8 Å². The van der Waals surface area contributed by atoms with Crippen LogP contribution in [0.2, 0.25) is 0 Å². The molecule has 5 aromatic rings. The molecule has 164 valence electrons. The molecule has 0 aliphatic rings. The lowest BCUT2D eigenvalue weighted by atomic mass is 10.1. The van der Waals surface area contributed by atoms with Gasteiger partial charge in [-0.2, -0.15) is 0 Å². The van der Waals surface area contributed by atoms with Gasteiger partial charge in [-0.1, -0.05) is 18.2 Å². The van der Waals surface area contributed by atoms with Crippen molar-refractivity contribution >= 4 is 26.7 Å². The van der Waals surface area contributed by atoms with E-state index in [1.54, 1.807) is 49.1 Å². The van der Waals surface area contributed by atoms with Crippen LogP contribution in [0.5, 0.6) is 5.88 Å². The SMILES string of the molecule is COc1ncc(-c2cnc3c(ccn3-c3cccnc3)c2)cc1NS(=O)(=O)c1ccccc1. The molecule has 0 bridgehead atoms. The van der Waals surface area contributed by atoms with Crippen LogP contribution in [0, 0.1) is 0 Å². The molecule has 0 unspecified atom stereocenters. The third kappa shape index (κ3) is 4.01. The second-order valence-corrected chi connectivity index (χ2v) is 8.92. The second kappa shape index (κ2) is 8.36. The van der Waals surface area contributed by atoms with Gasteiger partial charge >= 0.3 is 0 Å². The number of methoxy groups -OCH3 is 1. The molecular weight excluding hydrogens is 438 g/mol. The fourth-order valence-electron chi connectivity index (χ4n) is 3.54. The van der Waals surface area contributed by atoms with Crippen LogP contribution >= 0.6 is 0 Å². The Morgan fingerprint density at radius 3 is 2.45 bits per heavy atom. The van der Waals surface area contributed by atoms with Crippen molar-refractivity contribution in [1.82, 2.24) is 19.5 Å². The summed E-state index contributed by atoms with van der Waals surface area (Å²) >= 11 is 0. The van der Waals surface area contributed by atoms with E-state index in [2.05, 4.69) is 19.7 Å². The fourth-order valence-corrected chi connectivity index (χ4v) is 4.60. The Hall–Kier alpha value is -4.24. The minimum absolute atomic E-state index is 0.150. The lowest BCUT2D eigenvalue weighted by Gasteiger charge is -2.13. The van der Waals surface area contributed by atoms with Crippen molar-refractivity contribution in [1.29, 1.82) is 0 Å². The summed E-state index contributed by atoms with van der Waals surface area (Å²) in [5.74, 6) is 0.176. The highest BCUT2D eigenvalue weighted by Crippen LogP contribution is 2.31. The van der Waals surface area contributed by atoms with Gasteiger partial charge < -0.3 is 4.74 Å². The van der Waals surface area contributed by atoms with Gasteiger partial charge in [-0.25, -0.2) is 18.4 Å². The van der Waals surface area contributed by atoms with E-state index in [-0.39, 0.29) is 16.5 Å². The lowest BCUT2D eigenvalue weighted by molar-refractivity contribution is 0.400. The summed E-state index contributed by atoms with van der Waals surface area (Å²) in [4.78, 5) is 13.2. The molecule has 33 heavy (non-hydrogen) atoms. The van der Waals surface area contributed by atoms with E-state index in [0.29, 0.717) is 5.56 Å². The first-order valence-corrected chi connectivity index (χ1v) is 11.5. The normalized spacial score (nSPS) is 11.4. The van der Waals surface area contributed by atoms with Crippen LogP contribution in [0.1, 0.15) is 0 Å². The van der Waals surface area contributed by atoms with E-state index in [4.69, 9.17) is 4.74 Å². The number of pyridine rings is 3. The highest BCUT2D eigenvalue weighted by atomic mass is 32.2. The average molecular weight is 458 g/mol. The number of hydrogen-bond donors (Lipinski definition) is 1. The lowest BCUT2D eigenvalue weighted by Crippen LogP contribution is -2.14. The van der Waals surface area contributed by atoms with Gasteiger partial charge in [0.2, 0.25) is 5.88 Å². The molecule has 5 rings (SSSR count). The standard InChI is InChI=1S/C24H19N5O3S/c1-32-24-22(28-33(30,31)21-7-3-2-4-8-21)13-19(15-27-24)18-12-17-9-11-29(23(17)26-14-18)20-6-5-10-25-16-20/h2-16,28H,1H3. The van der Waals surface area contributed by atoms with Crippen LogP contribution < -0.4 is 9.46 Å². The topological polar surface area (TPSA) is 99.0 Å². The Labute approximate surface area is 190 Å². The van der Waals surface area contributed by atoms with E-state index in [9.17, 15) is 8.42 Å². The molecule has 9 heteroatoms. The van der Waals surface area contributed by atoms with E-state index < -0.39 is 10.0 Å². The van der Waals surface area contributed by atoms with Crippen LogP contribution in [0.15, 0.2) is 96.5 Å².